The Kier molecular flexibility index (Phi) is 46.0. The monoisotopic (exact) mass is 847 g/mol. The van der Waals surface area contributed by atoms with Crippen molar-refractivity contribution >= 4 is 17.9 Å². The fourth-order valence-corrected chi connectivity index (χ4v) is 6.45. The third-order valence-corrected chi connectivity index (χ3v) is 10.2. The van der Waals surface area contributed by atoms with Crippen LogP contribution in [-0.4, -0.2) is 37.2 Å². The van der Waals surface area contributed by atoms with Crippen molar-refractivity contribution in [1.29, 1.82) is 0 Å². The summed E-state index contributed by atoms with van der Waals surface area (Å²) in [6, 6.07) is 0. The number of rotatable bonds is 43. The Bertz CT molecular complexity index is 1250. The van der Waals surface area contributed by atoms with Gasteiger partial charge in [0.2, 0.25) is 0 Å². The van der Waals surface area contributed by atoms with Gasteiger partial charge in [-0.05, 0) is 89.9 Å². The maximum Gasteiger partial charge on any atom is 0.306 e. The molecule has 0 aromatic rings. The predicted molar refractivity (Wildman–Crippen MR) is 260 cm³/mol. The van der Waals surface area contributed by atoms with Gasteiger partial charge in [-0.15, -0.1) is 0 Å². The number of allylic oxidation sites excluding steroid dienone is 16. The van der Waals surface area contributed by atoms with E-state index in [1.54, 1.807) is 0 Å². The number of hydrogen-bond donors (Lipinski definition) is 0. The lowest BCUT2D eigenvalue weighted by Gasteiger charge is -2.18. The zero-order valence-corrected chi connectivity index (χ0v) is 39.4. The standard InChI is InChI=1S/C55H90O6/c1-4-7-10-13-16-19-22-25-26-27-28-29-31-33-36-39-42-45-48-54(57)60-51-52(50-59-53(56)47-44-41-38-35-32-24-21-18-15-12-9-6-3)61-55(58)49-46-43-40-37-34-30-23-20-17-14-11-8-5-2/h8,11,14,17-18,20-23,25-30,34,52H,4-7,9-10,12-13,15-16,19,24,31-33,35-51H2,1-3H3/b11-8-,17-14-,21-18-,23-20-,25-22-,27-26-,29-28-,34-30-. The molecule has 1 unspecified atom stereocenters. The molecular formula is C55H90O6. The largest absolute Gasteiger partial charge is 0.462 e. The van der Waals surface area contributed by atoms with Gasteiger partial charge in [-0.2, -0.15) is 0 Å². The quantitative estimate of drug-likeness (QED) is 0.0200. The van der Waals surface area contributed by atoms with Gasteiger partial charge in [-0.3, -0.25) is 14.4 Å². The molecule has 6 nitrogen and oxygen atoms in total. The summed E-state index contributed by atoms with van der Waals surface area (Å²) in [5, 5.41) is 0. The molecule has 0 aliphatic heterocycles. The number of ether oxygens (including phenoxy) is 3. The molecule has 0 aliphatic carbocycles. The van der Waals surface area contributed by atoms with Gasteiger partial charge < -0.3 is 14.2 Å². The molecule has 1 atom stereocenters. The maximum atomic E-state index is 12.7. The van der Waals surface area contributed by atoms with Gasteiger partial charge in [-0.1, -0.05) is 201 Å². The SMILES string of the molecule is CC\C=C/C=C\C=C/C=C\CCCCCC(=O)OC(COC(=O)CCCCCCC\C=C/C=C\C=C/CCCCCCC)COC(=O)CCCCCCC/C=C\CCCCC. The third kappa shape index (κ3) is 47.2. The first kappa shape index (κ1) is 57.3. The van der Waals surface area contributed by atoms with Gasteiger partial charge in [0, 0.05) is 19.3 Å². The maximum absolute atomic E-state index is 12.7. The van der Waals surface area contributed by atoms with Crippen LogP contribution in [0.2, 0.25) is 0 Å². The third-order valence-electron chi connectivity index (χ3n) is 10.2. The summed E-state index contributed by atoms with van der Waals surface area (Å²) < 4.78 is 16.7. The van der Waals surface area contributed by atoms with Crippen molar-refractivity contribution < 1.29 is 28.6 Å². The van der Waals surface area contributed by atoms with Crippen molar-refractivity contribution in [3.05, 3.63) is 97.2 Å². The summed E-state index contributed by atoms with van der Waals surface area (Å²) in [6.07, 6.45) is 63.9. The molecule has 346 valence electrons. The van der Waals surface area contributed by atoms with E-state index in [0.717, 1.165) is 103 Å². The van der Waals surface area contributed by atoms with Crippen LogP contribution >= 0.6 is 0 Å². The Hall–Kier alpha value is -3.67. The van der Waals surface area contributed by atoms with Crippen LogP contribution in [0.15, 0.2) is 97.2 Å². The highest BCUT2D eigenvalue weighted by Gasteiger charge is 2.19. The van der Waals surface area contributed by atoms with Crippen molar-refractivity contribution in [1.82, 2.24) is 0 Å². The highest BCUT2D eigenvalue weighted by molar-refractivity contribution is 5.71. The van der Waals surface area contributed by atoms with Crippen molar-refractivity contribution in [3.8, 4) is 0 Å². The molecule has 0 heterocycles. The van der Waals surface area contributed by atoms with Gasteiger partial charge in [0.25, 0.3) is 0 Å². The van der Waals surface area contributed by atoms with Crippen molar-refractivity contribution in [2.75, 3.05) is 13.2 Å². The highest BCUT2D eigenvalue weighted by Crippen LogP contribution is 2.13. The van der Waals surface area contributed by atoms with Crippen LogP contribution < -0.4 is 0 Å². The Balaban J connectivity index is 4.49. The minimum absolute atomic E-state index is 0.106. The molecule has 0 N–H and O–H groups in total. The van der Waals surface area contributed by atoms with Gasteiger partial charge in [-0.25, -0.2) is 0 Å². The van der Waals surface area contributed by atoms with Crippen LogP contribution in [0.25, 0.3) is 0 Å². The average molecular weight is 847 g/mol. The molecule has 0 fully saturated rings. The second-order valence-electron chi connectivity index (χ2n) is 16.1. The first-order valence-electron chi connectivity index (χ1n) is 24.8. The number of unbranched alkanes of at least 4 members (excludes halogenated alkanes) is 21. The molecule has 0 aliphatic rings. The van der Waals surface area contributed by atoms with E-state index in [9.17, 15) is 14.4 Å². The van der Waals surface area contributed by atoms with Crippen LogP contribution in [0.1, 0.15) is 213 Å². The summed E-state index contributed by atoms with van der Waals surface area (Å²) in [5.41, 5.74) is 0. The van der Waals surface area contributed by atoms with Crippen molar-refractivity contribution in [2.45, 2.75) is 219 Å². The average Bonchev–Trinajstić information content (AvgIpc) is 3.26. The Morgan fingerprint density at radius 1 is 0.344 bits per heavy atom. The number of hydrogen-bond acceptors (Lipinski definition) is 6. The van der Waals surface area contributed by atoms with Crippen LogP contribution in [0.4, 0.5) is 0 Å². The number of carbonyl (C=O) groups is 3. The second kappa shape index (κ2) is 49.0. The lowest BCUT2D eigenvalue weighted by atomic mass is 10.1. The van der Waals surface area contributed by atoms with Crippen LogP contribution in [-0.2, 0) is 28.6 Å². The van der Waals surface area contributed by atoms with E-state index in [1.807, 2.05) is 36.5 Å². The summed E-state index contributed by atoms with van der Waals surface area (Å²) >= 11 is 0. The van der Waals surface area contributed by atoms with Gasteiger partial charge >= 0.3 is 17.9 Å². The van der Waals surface area contributed by atoms with Crippen LogP contribution in [0.3, 0.4) is 0 Å². The molecule has 0 amide bonds. The summed E-state index contributed by atoms with van der Waals surface area (Å²) in [5.74, 6) is -0.981. The van der Waals surface area contributed by atoms with E-state index in [4.69, 9.17) is 14.2 Å². The molecule has 61 heavy (non-hydrogen) atoms. The minimum atomic E-state index is -0.809. The molecule has 0 rings (SSSR count). The molecule has 0 spiro atoms. The number of esters is 3. The Morgan fingerprint density at radius 3 is 1.10 bits per heavy atom. The molecule has 0 saturated carbocycles. The van der Waals surface area contributed by atoms with Gasteiger partial charge in [0.15, 0.2) is 6.10 Å². The highest BCUT2D eigenvalue weighted by atomic mass is 16.6. The van der Waals surface area contributed by atoms with E-state index in [2.05, 4.69) is 81.5 Å². The summed E-state index contributed by atoms with van der Waals surface area (Å²) in [6.45, 7) is 6.38. The van der Waals surface area contributed by atoms with E-state index in [1.165, 1.54) is 64.2 Å². The van der Waals surface area contributed by atoms with E-state index >= 15 is 0 Å². The Morgan fingerprint density at radius 2 is 0.656 bits per heavy atom. The lowest BCUT2D eigenvalue weighted by molar-refractivity contribution is -0.167. The molecular weight excluding hydrogens is 757 g/mol. The first-order chi connectivity index (χ1) is 30.0. The minimum Gasteiger partial charge on any atom is -0.462 e. The fraction of sp³-hybridized carbons (Fsp3) is 0.655. The summed E-state index contributed by atoms with van der Waals surface area (Å²) in [4.78, 5) is 37.9. The van der Waals surface area contributed by atoms with Crippen LogP contribution in [0, 0.1) is 0 Å². The molecule has 0 radical (unpaired) electrons. The summed E-state index contributed by atoms with van der Waals surface area (Å²) in [7, 11) is 0. The van der Waals surface area contributed by atoms with E-state index in [-0.39, 0.29) is 37.5 Å². The van der Waals surface area contributed by atoms with Gasteiger partial charge in [0.1, 0.15) is 13.2 Å². The topological polar surface area (TPSA) is 78.9 Å². The first-order valence-corrected chi connectivity index (χ1v) is 24.8. The smallest absolute Gasteiger partial charge is 0.306 e. The lowest BCUT2D eigenvalue weighted by Crippen LogP contribution is -2.30. The van der Waals surface area contributed by atoms with Gasteiger partial charge in [0.05, 0.1) is 0 Å². The van der Waals surface area contributed by atoms with Crippen molar-refractivity contribution in [3.63, 3.8) is 0 Å². The van der Waals surface area contributed by atoms with Crippen molar-refractivity contribution in [2.24, 2.45) is 0 Å². The normalized spacial score (nSPS) is 12.9. The Labute approximate surface area is 375 Å². The fourth-order valence-electron chi connectivity index (χ4n) is 6.45. The molecule has 0 aromatic carbocycles. The predicted octanol–water partition coefficient (Wildman–Crippen LogP) is 16.2. The second-order valence-corrected chi connectivity index (χ2v) is 16.1. The van der Waals surface area contributed by atoms with E-state index < -0.39 is 6.10 Å². The van der Waals surface area contributed by atoms with E-state index in [0.29, 0.717) is 19.3 Å². The molecule has 0 saturated heterocycles. The molecule has 6 heteroatoms. The number of carbonyl (C=O) groups excluding carboxylic acids is 3. The molecule has 0 aromatic heterocycles. The van der Waals surface area contributed by atoms with Crippen LogP contribution in [0.5, 0.6) is 0 Å². The molecule has 0 bridgehead atoms. The zero-order chi connectivity index (χ0) is 44.4. The zero-order valence-electron chi connectivity index (χ0n) is 39.4.